The van der Waals surface area contributed by atoms with E-state index in [4.69, 9.17) is 16.7 Å². The Morgan fingerprint density at radius 3 is 2.36 bits per heavy atom. The summed E-state index contributed by atoms with van der Waals surface area (Å²) in [5.74, 6) is -0.202. The summed E-state index contributed by atoms with van der Waals surface area (Å²) in [7, 11) is 0. The third kappa shape index (κ3) is 3.36. The first kappa shape index (κ1) is 11.0. The fourth-order valence-corrected chi connectivity index (χ4v) is 1.10. The lowest BCUT2D eigenvalue weighted by atomic mass is 10.1. The van der Waals surface area contributed by atoms with Crippen molar-refractivity contribution in [3.8, 4) is 0 Å². The van der Waals surface area contributed by atoms with Crippen LogP contribution in [0.2, 0.25) is 0 Å². The second-order valence-corrected chi connectivity index (χ2v) is 3.15. The van der Waals surface area contributed by atoms with Crippen molar-refractivity contribution in [2.45, 2.75) is 13.2 Å². The van der Waals surface area contributed by atoms with Crippen LogP contribution in [-0.4, -0.2) is 16.9 Å². The van der Waals surface area contributed by atoms with Gasteiger partial charge in [-0.3, -0.25) is 4.79 Å². The van der Waals surface area contributed by atoms with Crippen molar-refractivity contribution in [2.75, 3.05) is 5.88 Å². The van der Waals surface area contributed by atoms with Gasteiger partial charge in [0.1, 0.15) is 5.88 Å². The first-order chi connectivity index (χ1) is 6.76. The highest BCUT2D eigenvalue weighted by atomic mass is 35.5. The van der Waals surface area contributed by atoms with Crippen LogP contribution in [-0.2, 0) is 17.9 Å². The number of carbonyl (C=O) groups excluding carboxylic acids is 1. The van der Waals surface area contributed by atoms with Crippen molar-refractivity contribution >= 4 is 17.5 Å². The van der Waals surface area contributed by atoms with E-state index in [1.165, 1.54) is 0 Å². The van der Waals surface area contributed by atoms with Gasteiger partial charge in [0.15, 0.2) is 0 Å². The molecule has 0 heterocycles. The van der Waals surface area contributed by atoms with Gasteiger partial charge in [-0.1, -0.05) is 24.3 Å². The van der Waals surface area contributed by atoms with Crippen LogP contribution in [0.15, 0.2) is 24.3 Å². The summed E-state index contributed by atoms with van der Waals surface area (Å²) < 4.78 is 0. The Morgan fingerprint density at radius 1 is 1.29 bits per heavy atom. The second kappa shape index (κ2) is 5.62. The quantitative estimate of drug-likeness (QED) is 0.735. The number of hydrogen-bond acceptors (Lipinski definition) is 2. The van der Waals surface area contributed by atoms with Gasteiger partial charge < -0.3 is 10.4 Å². The molecule has 0 spiro atoms. The number of nitrogens with one attached hydrogen (secondary N) is 1. The van der Waals surface area contributed by atoms with Crippen LogP contribution in [0.5, 0.6) is 0 Å². The number of amides is 1. The number of benzene rings is 1. The van der Waals surface area contributed by atoms with Crippen LogP contribution < -0.4 is 5.32 Å². The molecule has 1 amide bonds. The minimum atomic E-state index is -0.182. The smallest absolute Gasteiger partial charge is 0.235 e. The summed E-state index contributed by atoms with van der Waals surface area (Å²) in [5.41, 5.74) is 1.85. The average Bonchev–Trinajstić information content (AvgIpc) is 2.26. The van der Waals surface area contributed by atoms with Crippen molar-refractivity contribution in [3.05, 3.63) is 35.4 Å². The summed E-state index contributed by atoms with van der Waals surface area (Å²) in [5, 5.41) is 11.5. The monoisotopic (exact) mass is 213 g/mol. The zero-order chi connectivity index (χ0) is 10.4. The first-order valence-corrected chi connectivity index (χ1v) is 4.81. The minimum Gasteiger partial charge on any atom is -0.392 e. The van der Waals surface area contributed by atoms with Gasteiger partial charge in [0.05, 0.1) is 6.61 Å². The third-order valence-electron chi connectivity index (χ3n) is 1.82. The maximum atomic E-state index is 10.8. The zero-order valence-electron chi connectivity index (χ0n) is 7.66. The number of carbonyl (C=O) groups is 1. The van der Waals surface area contributed by atoms with E-state index in [1.807, 2.05) is 24.3 Å². The molecule has 0 aromatic heterocycles. The molecule has 14 heavy (non-hydrogen) atoms. The highest BCUT2D eigenvalue weighted by Gasteiger charge is 1.98. The lowest BCUT2D eigenvalue weighted by Gasteiger charge is -2.03. The average molecular weight is 214 g/mol. The largest absolute Gasteiger partial charge is 0.392 e. The van der Waals surface area contributed by atoms with Gasteiger partial charge >= 0.3 is 0 Å². The molecule has 0 bridgehead atoms. The lowest BCUT2D eigenvalue weighted by molar-refractivity contribution is -0.118. The van der Waals surface area contributed by atoms with Gasteiger partial charge in [0.2, 0.25) is 5.91 Å². The van der Waals surface area contributed by atoms with Gasteiger partial charge in [0, 0.05) is 6.54 Å². The normalized spacial score (nSPS) is 9.86. The van der Waals surface area contributed by atoms with E-state index < -0.39 is 0 Å². The Balaban J connectivity index is 2.47. The van der Waals surface area contributed by atoms with Crippen molar-refractivity contribution in [2.24, 2.45) is 0 Å². The molecule has 1 aromatic carbocycles. The molecule has 0 fully saturated rings. The first-order valence-electron chi connectivity index (χ1n) is 4.27. The van der Waals surface area contributed by atoms with E-state index in [0.29, 0.717) is 6.54 Å². The molecule has 0 radical (unpaired) electrons. The Morgan fingerprint density at radius 2 is 1.86 bits per heavy atom. The molecule has 0 aliphatic carbocycles. The Bertz CT molecular complexity index is 297. The fourth-order valence-electron chi connectivity index (χ4n) is 1.01. The summed E-state index contributed by atoms with van der Waals surface area (Å²) in [6.45, 7) is 0.506. The zero-order valence-corrected chi connectivity index (χ0v) is 8.42. The number of rotatable bonds is 4. The van der Waals surface area contributed by atoms with Gasteiger partial charge in [-0.25, -0.2) is 0 Å². The molecule has 0 saturated heterocycles. The molecule has 2 N–H and O–H groups in total. The Labute approximate surface area is 87.7 Å². The van der Waals surface area contributed by atoms with Crippen LogP contribution in [0.4, 0.5) is 0 Å². The van der Waals surface area contributed by atoms with E-state index in [-0.39, 0.29) is 18.4 Å². The molecule has 1 rings (SSSR count). The molecule has 4 heteroatoms. The molecule has 0 aliphatic heterocycles. The Hall–Kier alpha value is -1.06. The van der Waals surface area contributed by atoms with Crippen molar-refractivity contribution in [1.82, 2.24) is 5.32 Å². The highest BCUT2D eigenvalue weighted by Crippen LogP contribution is 2.03. The molecule has 0 saturated carbocycles. The molecule has 0 unspecified atom stereocenters. The Kier molecular flexibility index (Phi) is 4.43. The number of hydrogen-bond donors (Lipinski definition) is 2. The second-order valence-electron chi connectivity index (χ2n) is 2.88. The summed E-state index contributed by atoms with van der Waals surface area (Å²) in [6, 6.07) is 7.37. The molecular weight excluding hydrogens is 202 g/mol. The number of aliphatic hydroxyl groups excluding tert-OH is 1. The van der Waals surface area contributed by atoms with Crippen LogP contribution >= 0.6 is 11.6 Å². The standard InChI is InChI=1S/C10H12ClNO2/c11-5-10(14)12-6-8-1-3-9(7-13)4-2-8/h1-4,13H,5-7H2,(H,12,14). The topological polar surface area (TPSA) is 49.3 Å². The maximum absolute atomic E-state index is 10.8. The van der Waals surface area contributed by atoms with Crippen molar-refractivity contribution < 1.29 is 9.90 Å². The molecular formula is C10H12ClNO2. The fraction of sp³-hybridized carbons (Fsp3) is 0.300. The van der Waals surface area contributed by atoms with E-state index in [9.17, 15) is 4.79 Å². The summed E-state index contributed by atoms with van der Waals surface area (Å²) in [4.78, 5) is 10.8. The minimum absolute atomic E-state index is 0.0191. The van der Waals surface area contributed by atoms with Gasteiger partial charge in [-0.05, 0) is 11.1 Å². The number of halogens is 1. The predicted molar refractivity (Wildman–Crippen MR) is 54.9 cm³/mol. The van der Waals surface area contributed by atoms with Crippen molar-refractivity contribution in [3.63, 3.8) is 0 Å². The highest BCUT2D eigenvalue weighted by molar-refractivity contribution is 6.27. The van der Waals surface area contributed by atoms with E-state index >= 15 is 0 Å². The van der Waals surface area contributed by atoms with Crippen LogP contribution in [0.25, 0.3) is 0 Å². The predicted octanol–water partition coefficient (Wildman–Crippen LogP) is 1.03. The van der Waals surface area contributed by atoms with Crippen LogP contribution in [0.1, 0.15) is 11.1 Å². The molecule has 76 valence electrons. The van der Waals surface area contributed by atoms with Crippen molar-refractivity contribution in [1.29, 1.82) is 0 Å². The van der Waals surface area contributed by atoms with E-state index in [2.05, 4.69) is 5.32 Å². The van der Waals surface area contributed by atoms with Crippen LogP contribution in [0.3, 0.4) is 0 Å². The van der Waals surface area contributed by atoms with Gasteiger partial charge in [-0.2, -0.15) is 0 Å². The molecule has 0 atom stereocenters. The third-order valence-corrected chi connectivity index (χ3v) is 2.06. The van der Waals surface area contributed by atoms with Gasteiger partial charge in [0.25, 0.3) is 0 Å². The summed E-state index contributed by atoms with van der Waals surface area (Å²) in [6.07, 6.45) is 0. The lowest BCUT2D eigenvalue weighted by Crippen LogP contribution is -2.23. The van der Waals surface area contributed by atoms with Gasteiger partial charge in [-0.15, -0.1) is 11.6 Å². The SMILES string of the molecule is O=C(CCl)NCc1ccc(CO)cc1. The number of aliphatic hydroxyl groups is 1. The molecule has 1 aromatic rings. The summed E-state index contributed by atoms with van der Waals surface area (Å²) >= 11 is 5.32. The van der Waals surface area contributed by atoms with E-state index in [1.54, 1.807) is 0 Å². The van der Waals surface area contributed by atoms with Crippen LogP contribution in [0, 0.1) is 0 Å². The number of alkyl halides is 1. The molecule has 0 aliphatic rings. The van der Waals surface area contributed by atoms with E-state index in [0.717, 1.165) is 11.1 Å². The molecule has 3 nitrogen and oxygen atoms in total. The maximum Gasteiger partial charge on any atom is 0.235 e.